The van der Waals surface area contributed by atoms with Crippen LogP contribution in [0.3, 0.4) is 0 Å². The molecule has 0 bridgehead atoms. The summed E-state index contributed by atoms with van der Waals surface area (Å²) >= 11 is 0. The number of imidazole rings is 1. The molecule has 2 aliphatic heterocycles. The molecule has 21 nitrogen and oxygen atoms in total. The molecule has 0 spiro atoms. The highest BCUT2D eigenvalue weighted by atomic mass is 16.3. The molecule has 0 atom stereocenters. The summed E-state index contributed by atoms with van der Waals surface area (Å²) in [6.07, 6.45) is 13.5. The maximum Gasteiger partial charge on any atom is 0.326 e. The molecule has 0 radical (unpaired) electrons. The van der Waals surface area contributed by atoms with Gasteiger partial charge in [-0.25, -0.2) is 24.7 Å². The minimum Gasteiger partial charge on any atom is -0.493 e. The lowest BCUT2D eigenvalue weighted by Gasteiger charge is -2.36. The van der Waals surface area contributed by atoms with E-state index in [-0.39, 0.29) is 11.6 Å². The number of fused-ring (bicyclic) bond motifs is 2. The van der Waals surface area contributed by atoms with Crippen molar-refractivity contribution in [3.63, 3.8) is 0 Å². The zero-order chi connectivity index (χ0) is 43.7. The van der Waals surface area contributed by atoms with E-state index in [4.69, 9.17) is 15.0 Å². The SMILES string of the molecule is N#Cc1cccnc1N1CCN(c2cc(=NC3CC3)n3ncc(=Cc4[nH]c(=O)[nH]c4O)c3n2)CC1.N#Cc1cccnc1N1CCN(c2cc(NC3CC3)n3ncc(C=O)c3n2)CC1. The molecule has 4 aliphatic rings. The van der Waals surface area contributed by atoms with E-state index in [0.29, 0.717) is 77.3 Å². The number of carbonyl (C=O) groups excluding carboxylic acids is 1. The molecule has 11 rings (SSSR count). The van der Waals surface area contributed by atoms with E-state index < -0.39 is 5.69 Å². The number of aromatic amines is 2. The highest BCUT2D eigenvalue weighted by Crippen LogP contribution is 2.29. The maximum absolute atomic E-state index is 11.5. The Morgan fingerprint density at radius 3 is 1.92 bits per heavy atom. The standard InChI is InChI=1S/C23H22N10O2.C20H20N8O/c24-12-14-2-1-5-25-20(14)32-8-6-31(7-9-32)18-11-19(27-16-3-4-16)33-21(29-18)15(13-26-33)10-17-22(34)30-23(35)28-17;21-11-14-2-1-5-22-19(14)27-8-6-26(7-9-27)17-10-18(24-16-3-4-16)28-20(25-17)15(13-29)12-23-28/h1-2,5,10-11,13,16,34H,3-4,6-9H2,(H2,28,30,35);1-2,5,10,12-13,16,24H,3-4,6-9H2. The third-order valence-electron chi connectivity index (χ3n) is 11.5. The third-order valence-corrected chi connectivity index (χ3v) is 11.5. The Bertz CT molecular complexity index is 3150. The smallest absolute Gasteiger partial charge is 0.326 e. The summed E-state index contributed by atoms with van der Waals surface area (Å²) in [5.74, 6) is 3.66. The van der Waals surface area contributed by atoms with Crippen LogP contribution in [0.15, 0.2) is 71.0 Å². The number of anilines is 5. The maximum atomic E-state index is 11.5. The number of aromatic hydroxyl groups is 1. The fourth-order valence-electron chi connectivity index (χ4n) is 7.86. The van der Waals surface area contributed by atoms with Crippen molar-refractivity contribution in [2.24, 2.45) is 4.99 Å². The minimum atomic E-state index is -0.492. The number of pyridine rings is 2. The normalized spacial score (nSPS) is 17.0. The first kappa shape index (κ1) is 39.8. The number of hydrogen-bond donors (Lipinski definition) is 4. The van der Waals surface area contributed by atoms with Crippen molar-refractivity contribution in [2.45, 2.75) is 37.8 Å². The molecule has 322 valence electrons. The topological polar surface area (TPSA) is 257 Å². The van der Waals surface area contributed by atoms with E-state index in [1.807, 2.05) is 12.1 Å². The lowest BCUT2D eigenvalue weighted by atomic mass is 10.2. The van der Waals surface area contributed by atoms with E-state index >= 15 is 0 Å². The Balaban J connectivity index is 0.000000154. The quantitative estimate of drug-likeness (QED) is 0.150. The van der Waals surface area contributed by atoms with Crippen molar-refractivity contribution >= 4 is 52.7 Å². The van der Waals surface area contributed by atoms with Crippen LogP contribution in [0.25, 0.3) is 17.4 Å². The molecule has 9 heterocycles. The van der Waals surface area contributed by atoms with Gasteiger partial charge in [-0.05, 0) is 56.0 Å². The van der Waals surface area contributed by atoms with Crippen LogP contribution in [0.1, 0.15) is 52.9 Å². The van der Waals surface area contributed by atoms with Gasteiger partial charge in [-0.1, -0.05) is 0 Å². The van der Waals surface area contributed by atoms with Crippen LogP contribution in [0.2, 0.25) is 0 Å². The van der Waals surface area contributed by atoms with Crippen molar-refractivity contribution < 1.29 is 9.90 Å². The number of nitrogens with zero attached hydrogens (tertiary/aromatic N) is 15. The lowest BCUT2D eigenvalue weighted by Crippen LogP contribution is -2.47. The van der Waals surface area contributed by atoms with Crippen LogP contribution < -0.4 is 41.3 Å². The number of aldehydes is 1. The van der Waals surface area contributed by atoms with Gasteiger partial charge in [0.2, 0.25) is 5.88 Å². The van der Waals surface area contributed by atoms with Crippen molar-refractivity contribution in [3.8, 4) is 18.0 Å². The van der Waals surface area contributed by atoms with Crippen LogP contribution in [-0.2, 0) is 0 Å². The average Bonchev–Trinajstić information content (AvgIpc) is 4.23. The summed E-state index contributed by atoms with van der Waals surface area (Å²) in [6.45, 7) is 5.78. The fraction of sp³-hybridized carbons (Fsp3) is 0.326. The minimum absolute atomic E-state index is 0.240. The van der Waals surface area contributed by atoms with E-state index in [2.05, 4.69) is 67.2 Å². The van der Waals surface area contributed by atoms with Gasteiger partial charge in [0.25, 0.3) is 0 Å². The van der Waals surface area contributed by atoms with Gasteiger partial charge in [0.1, 0.15) is 46.9 Å². The van der Waals surface area contributed by atoms with Gasteiger partial charge < -0.3 is 35.0 Å². The van der Waals surface area contributed by atoms with Crippen LogP contribution in [0.4, 0.5) is 29.1 Å². The number of hydrogen-bond acceptors (Lipinski definition) is 17. The second-order valence-corrected chi connectivity index (χ2v) is 15.9. The highest BCUT2D eigenvalue weighted by molar-refractivity contribution is 5.85. The molecule has 0 amide bonds. The number of carbonyl (C=O) groups is 1. The molecule has 0 unspecified atom stereocenters. The number of H-pyrrole nitrogens is 2. The van der Waals surface area contributed by atoms with Gasteiger partial charge in [0.15, 0.2) is 23.1 Å². The van der Waals surface area contributed by atoms with Crippen LogP contribution in [0, 0.1) is 22.7 Å². The summed E-state index contributed by atoms with van der Waals surface area (Å²) in [7, 11) is 0. The zero-order valence-corrected chi connectivity index (χ0v) is 34.5. The first-order valence-corrected chi connectivity index (χ1v) is 21.1. The molecule has 7 aromatic rings. The van der Waals surface area contributed by atoms with Crippen LogP contribution >= 0.6 is 0 Å². The zero-order valence-electron chi connectivity index (χ0n) is 34.5. The first-order chi connectivity index (χ1) is 31.3. The average molecular weight is 859 g/mol. The second-order valence-electron chi connectivity index (χ2n) is 15.9. The van der Waals surface area contributed by atoms with E-state index in [0.717, 1.165) is 86.9 Å². The highest BCUT2D eigenvalue weighted by Gasteiger charge is 2.27. The molecular weight excluding hydrogens is 817 g/mol. The molecule has 2 saturated heterocycles. The Kier molecular flexibility index (Phi) is 10.5. The van der Waals surface area contributed by atoms with E-state index in [9.17, 15) is 25.2 Å². The van der Waals surface area contributed by atoms with Gasteiger partial charge in [-0.3, -0.25) is 14.8 Å². The summed E-state index contributed by atoms with van der Waals surface area (Å²) in [4.78, 5) is 59.7. The molecular formula is C43H42N18O3. The largest absolute Gasteiger partial charge is 0.493 e. The van der Waals surface area contributed by atoms with Crippen molar-refractivity contribution in [3.05, 3.63) is 105 Å². The summed E-state index contributed by atoms with van der Waals surface area (Å²) in [5, 5.41) is 41.7. The molecule has 4 N–H and O–H groups in total. The van der Waals surface area contributed by atoms with E-state index in [1.54, 1.807) is 64.2 Å². The predicted octanol–water partition coefficient (Wildman–Crippen LogP) is 1.36. The first-order valence-electron chi connectivity index (χ1n) is 21.1. The monoisotopic (exact) mass is 858 g/mol. The number of rotatable bonds is 9. The van der Waals surface area contributed by atoms with Crippen molar-refractivity contribution in [2.75, 3.05) is 77.3 Å². The van der Waals surface area contributed by atoms with Crippen LogP contribution in [-0.4, -0.2) is 125 Å². The number of piperazine rings is 2. The molecule has 2 aliphatic carbocycles. The third kappa shape index (κ3) is 8.09. The number of nitrogens with one attached hydrogen (secondary N) is 3. The lowest BCUT2D eigenvalue weighted by molar-refractivity contribution is 0.112. The molecule has 21 heteroatoms. The second kappa shape index (κ2) is 16.9. The Morgan fingerprint density at radius 1 is 0.766 bits per heavy atom. The van der Waals surface area contributed by atoms with Gasteiger partial charge in [0.05, 0.1) is 35.1 Å². The van der Waals surface area contributed by atoms with Crippen molar-refractivity contribution in [1.29, 1.82) is 10.5 Å². The summed E-state index contributed by atoms with van der Waals surface area (Å²) in [5.41, 5.74) is 3.28. The van der Waals surface area contributed by atoms with Gasteiger partial charge in [0, 0.05) is 88.1 Å². The van der Waals surface area contributed by atoms with Crippen LogP contribution in [0.5, 0.6) is 5.88 Å². The number of nitriles is 2. The Labute approximate surface area is 364 Å². The molecule has 0 aromatic carbocycles. The Morgan fingerprint density at radius 2 is 1.36 bits per heavy atom. The van der Waals surface area contributed by atoms with E-state index in [1.165, 1.54) is 0 Å². The predicted molar refractivity (Wildman–Crippen MR) is 235 cm³/mol. The van der Waals surface area contributed by atoms with Gasteiger partial charge >= 0.3 is 5.69 Å². The number of aromatic nitrogens is 10. The molecule has 7 aromatic heterocycles. The fourth-order valence-corrected chi connectivity index (χ4v) is 7.86. The van der Waals surface area contributed by atoms with Gasteiger partial charge in [-0.15, -0.1) is 0 Å². The van der Waals surface area contributed by atoms with Gasteiger partial charge in [-0.2, -0.15) is 29.8 Å². The molecule has 4 fully saturated rings. The molecule has 2 saturated carbocycles. The summed E-state index contributed by atoms with van der Waals surface area (Å²) in [6, 6.07) is 16.3. The van der Waals surface area contributed by atoms with Crippen molar-refractivity contribution in [1.82, 2.24) is 49.1 Å². The molecule has 64 heavy (non-hydrogen) atoms. The Hall–Kier alpha value is -8.33. The summed E-state index contributed by atoms with van der Waals surface area (Å²) < 4.78 is 3.40.